The van der Waals surface area contributed by atoms with Crippen LogP contribution in [0.5, 0.6) is 0 Å². The maximum absolute atomic E-state index is 12.6. The summed E-state index contributed by atoms with van der Waals surface area (Å²) < 4.78 is 2.34. The van der Waals surface area contributed by atoms with Crippen LogP contribution < -0.4 is 5.32 Å². The summed E-state index contributed by atoms with van der Waals surface area (Å²) in [5.41, 5.74) is 5.00. The molecule has 9 heteroatoms. The summed E-state index contributed by atoms with van der Waals surface area (Å²) in [6, 6.07) is 16.1. The Balaban J connectivity index is 1.28. The maximum atomic E-state index is 12.6. The Kier molecular flexibility index (Phi) is 5.42. The minimum absolute atomic E-state index is 0.122. The topological polar surface area (TPSA) is 91.4 Å². The molecule has 0 spiro atoms. The number of carbonyl (C=O) groups is 1. The maximum Gasteiger partial charge on any atom is 0.227 e. The van der Waals surface area contributed by atoms with Gasteiger partial charge in [-0.05, 0) is 31.3 Å². The average Bonchev–Trinajstić information content (AvgIpc) is 3.50. The van der Waals surface area contributed by atoms with Crippen molar-refractivity contribution >= 4 is 45.5 Å². The molecule has 3 aromatic heterocycles. The van der Waals surface area contributed by atoms with E-state index in [4.69, 9.17) is 12.2 Å². The SMILES string of the molecule is Cc1cccc(-c2n[nH]c(=S)n2CCC(=O)Nc2nc(-c3c[nH]c4ccccc34)cs2)c1. The third-order valence-electron chi connectivity index (χ3n) is 5.21. The molecule has 0 aliphatic carbocycles. The largest absolute Gasteiger partial charge is 0.360 e. The molecule has 2 aromatic carbocycles. The number of anilines is 1. The molecule has 0 saturated carbocycles. The minimum Gasteiger partial charge on any atom is -0.360 e. The van der Waals surface area contributed by atoms with E-state index in [1.807, 2.05) is 65.5 Å². The Bertz CT molecular complexity index is 1470. The number of fused-ring (bicyclic) bond motifs is 1. The zero-order valence-corrected chi connectivity index (χ0v) is 18.9. The number of rotatable bonds is 6. The van der Waals surface area contributed by atoms with Gasteiger partial charge >= 0.3 is 0 Å². The lowest BCUT2D eigenvalue weighted by molar-refractivity contribution is -0.116. The second-order valence-corrected chi connectivity index (χ2v) is 8.70. The van der Waals surface area contributed by atoms with Gasteiger partial charge < -0.3 is 10.3 Å². The quantitative estimate of drug-likeness (QED) is 0.290. The summed E-state index contributed by atoms with van der Waals surface area (Å²) in [6.45, 7) is 2.45. The van der Waals surface area contributed by atoms with E-state index in [2.05, 4.69) is 31.5 Å². The average molecular weight is 461 g/mol. The lowest BCUT2D eigenvalue weighted by atomic mass is 10.1. The van der Waals surface area contributed by atoms with Crippen LogP contribution in [-0.4, -0.2) is 30.6 Å². The molecule has 0 atom stereocenters. The number of benzene rings is 2. The summed E-state index contributed by atoms with van der Waals surface area (Å²) in [4.78, 5) is 20.5. The molecule has 5 rings (SSSR count). The third kappa shape index (κ3) is 4.00. The van der Waals surface area contributed by atoms with Gasteiger partial charge in [0.2, 0.25) is 5.91 Å². The second-order valence-electron chi connectivity index (χ2n) is 7.46. The van der Waals surface area contributed by atoms with Gasteiger partial charge in [0.05, 0.1) is 5.69 Å². The number of aromatic nitrogens is 5. The van der Waals surface area contributed by atoms with E-state index in [0.717, 1.165) is 39.1 Å². The van der Waals surface area contributed by atoms with E-state index >= 15 is 0 Å². The third-order valence-corrected chi connectivity index (χ3v) is 6.28. The highest BCUT2D eigenvalue weighted by molar-refractivity contribution is 7.71. The summed E-state index contributed by atoms with van der Waals surface area (Å²) in [6.07, 6.45) is 2.20. The Hall–Kier alpha value is -3.56. The highest BCUT2D eigenvalue weighted by Crippen LogP contribution is 2.31. The zero-order valence-electron chi connectivity index (χ0n) is 17.3. The normalized spacial score (nSPS) is 11.2. The molecule has 32 heavy (non-hydrogen) atoms. The minimum atomic E-state index is -0.122. The van der Waals surface area contributed by atoms with Crippen LogP contribution in [0.2, 0.25) is 0 Å². The van der Waals surface area contributed by atoms with Crippen molar-refractivity contribution in [3.05, 3.63) is 70.4 Å². The number of H-pyrrole nitrogens is 2. The number of amides is 1. The van der Waals surface area contributed by atoms with E-state index < -0.39 is 0 Å². The number of nitrogens with zero attached hydrogens (tertiary/aromatic N) is 3. The van der Waals surface area contributed by atoms with Crippen molar-refractivity contribution in [1.29, 1.82) is 0 Å². The van der Waals surface area contributed by atoms with Gasteiger partial charge in [0.1, 0.15) is 0 Å². The molecule has 0 saturated heterocycles. The van der Waals surface area contributed by atoms with Crippen molar-refractivity contribution in [3.63, 3.8) is 0 Å². The summed E-state index contributed by atoms with van der Waals surface area (Å²) in [5, 5.41) is 13.7. The fourth-order valence-corrected chi connectivity index (χ4v) is 4.61. The predicted octanol–water partition coefficient (Wildman–Crippen LogP) is 5.55. The van der Waals surface area contributed by atoms with Crippen molar-refractivity contribution in [1.82, 2.24) is 24.7 Å². The van der Waals surface area contributed by atoms with Crippen LogP contribution in [0.25, 0.3) is 33.5 Å². The van der Waals surface area contributed by atoms with Gasteiger partial charge in [0, 0.05) is 46.6 Å². The molecule has 0 fully saturated rings. The van der Waals surface area contributed by atoms with Crippen LogP contribution in [0.3, 0.4) is 0 Å². The van der Waals surface area contributed by atoms with Crippen molar-refractivity contribution in [2.45, 2.75) is 19.9 Å². The Morgan fingerprint density at radius 3 is 2.97 bits per heavy atom. The molecular weight excluding hydrogens is 440 g/mol. The molecule has 0 radical (unpaired) electrons. The van der Waals surface area contributed by atoms with E-state index in [9.17, 15) is 4.79 Å². The summed E-state index contributed by atoms with van der Waals surface area (Å²) in [7, 11) is 0. The number of aromatic amines is 2. The van der Waals surface area contributed by atoms with Crippen molar-refractivity contribution < 1.29 is 4.79 Å². The number of nitrogens with one attached hydrogen (secondary N) is 3. The first-order chi connectivity index (χ1) is 15.6. The molecule has 1 amide bonds. The lowest BCUT2D eigenvalue weighted by Gasteiger charge is -2.07. The van der Waals surface area contributed by atoms with E-state index in [0.29, 0.717) is 16.4 Å². The number of carbonyl (C=O) groups excluding carboxylic acids is 1. The van der Waals surface area contributed by atoms with Crippen LogP contribution in [0, 0.1) is 11.7 Å². The van der Waals surface area contributed by atoms with Crippen molar-refractivity contribution in [2.24, 2.45) is 0 Å². The summed E-state index contributed by atoms with van der Waals surface area (Å²) >= 11 is 6.78. The first-order valence-electron chi connectivity index (χ1n) is 10.1. The molecule has 0 aliphatic rings. The van der Waals surface area contributed by atoms with Crippen molar-refractivity contribution in [2.75, 3.05) is 5.32 Å². The molecule has 3 heterocycles. The van der Waals surface area contributed by atoms with Gasteiger partial charge in [-0.2, -0.15) is 5.10 Å². The fourth-order valence-electron chi connectivity index (χ4n) is 3.66. The predicted molar refractivity (Wildman–Crippen MR) is 130 cm³/mol. The van der Waals surface area contributed by atoms with Gasteiger partial charge in [-0.1, -0.05) is 42.0 Å². The molecule has 5 aromatic rings. The van der Waals surface area contributed by atoms with Crippen LogP contribution in [-0.2, 0) is 11.3 Å². The first-order valence-corrected chi connectivity index (χ1v) is 11.4. The molecular formula is C23H20N6OS2. The highest BCUT2D eigenvalue weighted by atomic mass is 32.1. The van der Waals surface area contributed by atoms with Crippen LogP contribution >= 0.6 is 23.6 Å². The molecule has 160 valence electrons. The monoisotopic (exact) mass is 460 g/mol. The van der Waals surface area contributed by atoms with Gasteiger partial charge in [-0.15, -0.1) is 11.3 Å². The molecule has 0 unspecified atom stereocenters. The Morgan fingerprint density at radius 2 is 2.09 bits per heavy atom. The number of hydrogen-bond acceptors (Lipinski definition) is 5. The smallest absolute Gasteiger partial charge is 0.227 e. The molecule has 0 bridgehead atoms. The zero-order chi connectivity index (χ0) is 22.1. The van der Waals surface area contributed by atoms with Gasteiger partial charge in [0.25, 0.3) is 0 Å². The number of para-hydroxylation sites is 1. The van der Waals surface area contributed by atoms with Crippen molar-refractivity contribution in [3.8, 4) is 22.6 Å². The van der Waals surface area contributed by atoms with E-state index in [1.165, 1.54) is 11.3 Å². The first kappa shape index (κ1) is 20.3. The number of hydrogen-bond donors (Lipinski definition) is 3. The standard InChI is InChI=1S/C23H20N6OS2/c1-14-5-4-6-15(11-14)21-27-28-23(31)29(21)10-9-20(30)26-22-25-19(13-32-22)17-12-24-18-8-3-2-7-16(17)18/h2-8,11-13,24H,9-10H2,1H3,(H,28,31)(H,25,26,30). The fraction of sp³-hybridized carbons (Fsp3) is 0.130. The van der Waals surface area contributed by atoms with Crippen LogP contribution in [0.1, 0.15) is 12.0 Å². The number of aryl methyl sites for hydroxylation is 1. The van der Waals surface area contributed by atoms with Gasteiger partial charge in [-0.25, -0.2) is 4.98 Å². The van der Waals surface area contributed by atoms with Crippen LogP contribution in [0.4, 0.5) is 5.13 Å². The number of thiazole rings is 1. The molecule has 7 nitrogen and oxygen atoms in total. The molecule has 3 N–H and O–H groups in total. The van der Waals surface area contributed by atoms with Gasteiger partial charge in [0.15, 0.2) is 15.7 Å². The van der Waals surface area contributed by atoms with Gasteiger partial charge in [-0.3, -0.25) is 14.5 Å². The Morgan fingerprint density at radius 1 is 1.22 bits per heavy atom. The lowest BCUT2D eigenvalue weighted by Crippen LogP contribution is -2.15. The second kappa shape index (κ2) is 8.52. The molecule has 0 aliphatic heterocycles. The highest BCUT2D eigenvalue weighted by Gasteiger charge is 2.14. The van der Waals surface area contributed by atoms with E-state index in [1.54, 1.807) is 0 Å². The van der Waals surface area contributed by atoms with Crippen LogP contribution in [0.15, 0.2) is 60.1 Å². The van der Waals surface area contributed by atoms with E-state index in [-0.39, 0.29) is 12.3 Å². The Labute approximate surface area is 193 Å². The summed E-state index contributed by atoms with van der Waals surface area (Å²) in [5.74, 6) is 0.602.